The van der Waals surface area contributed by atoms with Gasteiger partial charge < -0.3 is 9.32 Å². The summed E-state index contributed by atoms with van der Waals surface area (Å²) >= 11 is 6.36. The highest BCUT2D eigenvalue weighted by Gasteiger charge is 2.33. The lowest BCUT2D eigenvalue weighted by Crippen LogP contribution is -2.31. The maximum Gasteiger partial charge on any atom is 0.236 e. The minimum Gasteiger partial charge on any atom is -0.419 e. The van der Waals surface area contributed by atoms with Crippen LogP contribution >= 0.6 is 11.6 Å². The van der Waals surface area contributed by atoms with Crippen LogP contribution in [-0.4, -0.2) is 19.9 Å². The van der Waals surface area contributed by atoms with Gasteiger partial charge in [0.1, 0.15) is 0 Å². The summed E-state index contributed by atoms with van der Waals surface area (Å²) < 4.78 is 33.3. The Labute approximate surface area is 192 Å². The Hall–Kier alpha value is -3.09. The van der Waals surface area contributed by atoms with Crippen molar-refractivity contribution in [3.05, 3.63) is 94.5 Å². The highest BCUT2D eigenvalue weighted by Crippen LogP contribution is 2.38. The summed E-state index contributed by atoms with van der Waals surface area (Å²) in [5.41, 5.74) is 3.94. The number of aromatic nitrogens is 1. The summed E-state index contributed by atoms with van der Waals surface area (Å²) in [7, 11) is -3.90. The van der Waals surface area contributed by atoms with Gasteiger partial charge in [-0.1, -0.05) is 65.7 Å². The van der Waals surface area contributed by atoms with Crippen molar-refractivity contribution in [2.75, 3.05) is 11.4 Å². The first-order valence-corrected chi connectivity index (χ1v) is 12.2. The van der Waals surface area contributed by atoms with Crippen LogP contribution in [0.1, 0.15) is 16.7 Å². The number of hydrogen-bond acceptors (Lipinski definition) is 5. The van der Waals surface area contributed by atoms with Crippen LogP contribution in [0.25, 0.3) is 11.5 Å². The largest absolute Gasteiger partial charge is 0.419 e. The van der Waals surface area contributed by atoms with Gasteiger partial charge in [-0.15, -0.1) is 0 Å². The Morgan fingerprint density at radius 1 is 0.938 bits per heavy atom. The fourth-order valence-corrected chi connectivity index (χ4v) is 5.46. The molecule has 0 unspecified atom stereocenters. The molecule has 0 fully saturated rings. The molecular weight excluding hydrogens is 444 g/mol. The zero-order chi connectivity index (χ0) is 22.3. The van der Waals surface area contributed by atoms with Gasteiger partial charge in [0.2, 0.25) is 26.6 Å². The standard InChI is InChI=1S/C25H21ClN2O3S/c1-17-10-12-20(13-11-17)32(29,30)24-25(28-15-14-18-6-2-3-7-19(18)16-28)31-23(27-24)21-8-4-5-9-22(21)26/h2-13H,14-16H2,1H3. The molecule has 5 nitrogen and oxygen atoms in total. The molecule has 3 aromatic carbocycles. The lowest BCUT2D eigenvalue weighted by molar-refractivity contribution is 0.533. The minimum atomic E-state index is -3.90. The lowest BCUT2D eigenvalue weighted by atomic mass is 10.0. The van der Waals surface area contributed by atoms with Gasteiger partial charge in [-0.2, -0.15) is 4.98 Å². The molecule has 0 spiro atoms. The van der Waals surface area contributed by atoms with Crippen molar-refractivity contribution in [1.29, 1.82) is 0 Å². The minimum absolute atomic E-state index is 0.0874. The third-order valence-electron chi connectivity index (χ3n) is 5.69. The molecule has 7 heteroatoms. The van der Waals surface area contributed by atoms with Crippen LogP contribution in [0.2, 0.25) is 5.02 Å². The van der Waals surface area contributed by atoms with Crippen LogP contribution in [0.5, 0.6) is 0 Å². The van der Waals surface area contributed by atoms with Crippen LogP contribution in [-0.2, 0) is 22.8 Å². The first-order valence-electron chi connectivity index (χ1n) is 10.3. The predicted molar refractivity (Wildman–Crippen MR) is 125 cm³/mol. The lowest BCUT2D eigenvalue weighted by Gasteiger charge is -2.28. The van der Waals surface area contributed by atoms with Crippen LogP contribution < -0.4 is 4.90 Å². The van der Waals surface area contributed by atoms with Gasteiger partial charge in [-0.3, -0.25) is 0 Å². The number of hydrogen-bond donors (Lipinski definition) is 0. The number of oxazole rings is 1. The fourth-order valence-electron chi connectivity index (χ4n) is 3.92. The SMILES string of the molecule is Cc1ccc(S(=O)(=O)c2nc(-c3ccccc3Cl)oc2N2CCc3ccccc3C2)cc1. The number of aryl methyl sites for hydroxylation is 1. The van der Waals surface area contributed by atoms with Crippen molar-refractivity contribution in [2.24, 2.45) is 0 Å². The van der Waals surface area contributed by atoms with E-state index >= 15 is 0 Å². The zero-order valence-electron chi connectivity index (χ0n) is 17.5. The first-order chi connectivity index (χ1) is 15.4. The molecule has 0 saturated carbocycles. The smallest absolute Gasteiger partial charge is 0.236 e. The molecule has 5 rings (SSSR count). The van der Waals surface area contributed by atoms with Gasteiger partial charge in [0.05, 0.1) is 15.5 Å². The van der Waals surface area contributed by atoms with Gasteiger partial charge in [0.25, 0.3) is 0 Å². The van der Waals surface area contributed by atoms with E-state index in [1.54, 1.807) is 42.5 Å². The summed E-state index contributed by atoms with van der Waals surface area (Å²) in [6.07, 6.45) is 0.794. The molecule has 1 aromatic heterocycles. The van der Waals surface area contributed by atoms with E-state index in [1.807, 2.05) is 30.0 Å². The van der Waals surface area contributed by atoms with Gasteiger partial charge in [0, 0.05) is 13.1 Å². The molecule has 4 aromatic rings. The molecule has 162 valence electrons. The van der Waals surface area contributed by atoms with Crippen molar-refractivity contribution < 1.29 is 12.8 Å². The van der Waals surface area contributed by atoms with E-state index < -0.39 is 9.84 Å². The summed E-state index contributed by atoms with van der Waals surface area (Å²) in [6.45, 7) is 3.09. The summed E-state index contributed by atoms with van der Waals surface area (Å²) in [5.74, 6) is 0.435. The van der Waals surface area contributed by atoms with E-state index in [1.165, 1.54) is 5.56 Å². The topological polar surface area (TPSA) is 63.4 Å². The fraction of sp³-hybridized carbons (Fsp3) is 0.160. The third kappa shape index (κ3) is 3.70. The van der Waals surface area contributed by atoms with E-state index in [2.05, 4.69) is 17.1 Å². The molecule has 0 amide bonds. The number of benzene rings is 3. The highest BCUT2D eigenvalue weighted by atomic mass is 35.5. The average molecular weight is 465 g/mol. The maximum atomic E-state index is 13.6. The summed E-state index contributed by atoms with van der Waals surface area (Å²) in [4.78, 5) is 6.58. The van der Waals surface area contributed by atoms with Gasteiger partial charge in [-0.05, 0) is 48.7 Å². The van der Waals surface area contributed by atoms with Gasteiger partial charge in [0.15, 0.2) is 0 Å². The van der Waals surface area contributed by atoms with Crippen LogP contribution in [0.3, 0.4) is 0 Å². The zero-order valence-corrected chi connectivity index (χ0v) is 19.0. The van der Waals surface area contributed by atoms with Gasteiger partial charge in [-0.25, -0.2) is 8.42 Å². The van der Waals surface area contributed by atoms with Crippen LogP contribution in [0.4, 0.5) is 5.88 Å². The summed E-state index contributed by atoms with van der Waals surface area (Å²) in [6, 6.07) is 22.0. The number of halogens is 1. The van der Waals surface area contributed by atoms with Gasteiger partial charge >= 0.3 is 0 Å². The monoisotopic (exact) mass is 464 g/mol. The normalized spacial score (nSPS) is 13.8. The highest BCUT2D eigenvalue weighted by molar-refractivity contribution is 7.91. The van der Waals surface area contributed by atoms with Crippen molar-refractivity contribution in [2.45, 2.75) is 29.8 Å². The molecule has 0 N–H and O–H groups in total. The van der Waals surface area contributed by atoms with Crippen molar-refractivity contribution in [3.8, 4) is 11.5 Å². The number of fused-ring (bicyclic) bond motifs is 1. The van der Waals surface area contributed by atoms with E-state index in [0.29, 0.717) is 23.7 Å². The molecule has 1 aliphatic rings. The van der Waals surface area contributed by atoms with E-state index in [0.717, 1.165) is 17.5 Å². The molecule has 1 aliphatic heterocycles. The van der Waals surface area contributed by atoms with Crippen molar-refractivity contribution in [1.82, 2.24) is 4.98 Å². The van der Waals surface area contributed by atoms with Crippen LogP contribution in [0.15, 0.2) is 87.1 Å². The maximum absolute atomic E-state index is 13.6. The second-order valence-corrected chi connectivity index (χ2v) is 10.1. The number of anilines is 1. The molecule has 0 radical (unpaired) electrons. The predicted octanol–water partition coefficient (Wildman–Crippen LogP) is 5.70. The Bertz CT molecular complexity index is 1390. The molecule has 32 heavy (non-hydrogen) atoms. The quantitative estimate of drug-likeness (QED) is 0.387. The molecule has 0 saturated heterocycles. The Morgan fingerprint density at radius 3 is 2.38 bits per heavy atom. The van der Waals surface area contributed by atoms with E-state index in [-0.39, 0.29) is 21.7 Å². The Morgan fingerprint density at radius 2 is 1.62 bits per heavy atom. The van der Waals surface area contributed by atoms with E-state index in [9.17, 15) is 8.42 Å². The Balaban J connectivity index is 1.65. The summed E-state index contributed by atoms with van der Waals surface area (Å²) in [5, 5.41) is 0.360. The Kier molecular flexibility index (Phi) is 5.27. The number of sulfone groups is 1. The van der Waals surface area contributed by atoms with Crippen molar-refractivity contribution >= 4 is 27.3 Å². The van der Waals surface area contributed by atoms with Crippen LogP contribution in [0, 0.1) is 6.92 Å². The molecule has 0 atom stereocenters. The second kappa shape index (κ2) is 8.11. The first kappa shape index (κ1) is 20.8. The van der Waals surface area contributed by atoms with Crippen molar-refractivity contribution in [3.63, 3.8) is 0 Å². The van der Waals surface area contributed by atoms with E-state index in [4.69, 9.17) is 16.0 Å². The average Bonchev–Trinajstić information content (AvgIpc) is 3.25. The molecule has 2 heterocycles. The molecule has 0 bridgehead atoms. The third-order valence-corrected chi connectivity index (χ3v) is 7.68. The molecular formula is C25H21ClN2O3S. The number of nitrogens with zero attached hydrogens (tertiary/aromatic N) is 2. The number of rotatable bonds is 4. The molecule has 0 aliphatic carbocycles. The second-order valence-electron chi connectivity index (χ2n) is 7.87.